The molecule has 4 heteroatoms. The second-order valence-electron chi connectivity index (χ2n) is 4.49. The maximum atomic E-state index is 6.42. The Labute approximate surface area is 132 Å². The minimum atomic E-state index is 0.263. The number of thiophene rings is 1. The number of hydrogen-bond acceptors (Lipinski definition) is 2. The number of nitrogens with one attached hydrogen (secondary N) is 1. The number of hydrogen-bond donors (Lipinski definition) is 1. The predicted molar refractivity (Wildman–Crippen MR) is 88.2 cm³/mol. The summed E-state index contributed by atoms with van der Waals surface area (Å²) < 4.78 is 0.959. The van der Waals surface area contributed by atoms with Crippen LogP contribution in [0, 0.1) is 0 Å². The van der Waals surface area contributed by atoms with E-state index in [-0.39, 0.29) is 6.04 Å². The molecule has 2 aromatic rings. The van der Waals surface area contributed by atoms with Gasteiger partial charge in [0.1, 0.15) is 0 Å². The Kier molecular flexibility index (Phi) is 5.89. The molecule has 0 aliphatic carbocycles. The zero-order chi connectivity index (χ0) is 13.7. The Morgan fingerprint density at radius 2 is 2.21 bits per heavy atom. The van der Waals surface area contributed by atoms with Crippen molar-refractivity contribution in [3.8, 4) is 0 Å². The summed E-state index contributed by atoms with van der Waals surface area (Å²) in [5.41, 5.74) is 2.52. The standard InChI is InChI=1S/C15H17BrClNS/c1-2-7-18-14(9-11-6-8-19-10-11)12-4-3-5-13(16)15(12)17/h3-6,8,10,14,18H,2,7,9H2,1H3. The summed E-state index contributed by atoms with van der Waals surface area (Å²) in [6.45, 7) is 3.18. The van der Waals surface area contributed by atoms with Crippen LogP contribution in [0.1, 0.15) is 30.5 Å². The number of halogens is 2. The lowest BCUT2D eigenvalue weighted by Crippen LogP contribution is -2.24. The summed E-state index contributed by atoms with van der Waals surface area (Å²) in [6, 6.07) is 8.57. The van der Waals surface area contributed by atoms with Crippen LogP contribution in [0.2, 0.25) is 5.02 Å². The molecule has 1 nitrogen and oxygen atoms in total. The first kappa shape index (κ1) is 15.0. The summed E-state index contributed by atoms with van der Waals surface area (Å²) in [5.74, 6) is 0. The average molecular weight is 359 g/mol. The van der Waals surface area contributed by atoms with E-state index in [9.17, 15) is 0 Å². The lowest BCUT2D eigenvalue weighted by atomic mass is 10.0. The molecule has 19 heavy (non-hydrogen) atoms. The summed E-state index contributed by atoms with van der Waals surface area (Å²) in [5, 5.41) is 8.72. The van der Waals surface area contributed by atoms with Gasteiger partial charge in [0.05, 0.1) is 5.02 Å². The normalized spacial score (nSPS) is 12.6. The van der Waals surface area contributed by atoms with Gasteiger partial charge in [-0.25, -0.2) is 0 Å². The minimum absolute atomic E-state index is 0.263. The van der Waals surface area contributed by atoms with E-state index in [1.165, 1.54) is 5.56 Å². The zero-order valence-electron chi connectivity index (χ0n) is 10.8. The van der Waals surface area contributed by atoms with Crippen LogP contribution in [0.4, 0.5) is 0 Å². The molecule has 1 unspecified atom stereocenters. The van der Waals surface area contributed by atoms with Gasteiger partial charge >= 0.3 is 0 Å². The second kappa shape index (κ2) is 7.44. The first-order valence-corrected chi connectivity index (χ1v) is 8.52. The van der Waals surface area contributed by atoms with Gasteiger partial charge < -0.3 is 5.32 Å². The second-order valence-corrected chi connectivity index (χ2v) is 6.50. The highest BCUT2D eigenvalue weighted by Crippen LogP contribution is 2.32. The van der Waals surface area contributed by atoms with Crippen LogP contribution >= 0.6 is 38.9 Å². The van der Waals surface area contributed by atoms with E-state index in [0.29, 0.717) is 0 Å². The SMILES string of the molecule is CCCNC(Cc1ccsc1)c1cccc(Br)c1Cl. The molecule has 102 valence electrons. The van der Waals surface area contributed by atoms with Crippen LogP contribution in [-0.4, -0.2) is 6.54 Å². The number of benzene rings is 1. The maximum Gasteiger partial charge on any atom is 0.0595 e. The van der Waals surface area contributed by atoms with E-state index < -0.39 is 0 Å². The van der Waals surface area contributed by atoms with Crippen LogP contribution in [0.15, 0.2) is 39.5 Å². The predicted octanol–water partition coefficient (Wildman–Crippen LogP) is 5.45. The van der Waals surface area contributed by atoms with Crippen LogP contribution in [-0.2, 0) is 6.42 Å². The molecule has 0 amide bonds. The third-order valence-corrected chi connectivity index (χ3v) is 5.06. The van der Waals surface area contributed by atoms with Gasteiger partial charge in [-0.2, -0.15) is 11.3 Å². The van der Waals surface area contributed by atoms with Gasteiger partial charge in [0, 0.05) is 10.5 Å². The van der Waals surface area contributed by atoms with Crippen molar-refractivity contribution in [3.63, 3.8) is 0 Å². The van der Waals surface area contributed by atoms with E-state index in [1.807, 2.05) is 12.1 Å². The molecule has 0 bridgehead atoms. The van der Waals surface area contributed by atoms with Crippen molar-refractivity contribution in [3.05, 3.63) is 55.6 Å². The average Bonchev–Trinajstić information content (AvgIpc) is 2.91. The molecule has 0 radical (unpaired) electrons. The zero-order valence-corrected chi connectivity index (χ0v) is 14.0. The molecule has 1 N–H and O–H groups in total. The quantitative estimate of drug-likeness (QED) is 0.724. The van der Waals surface area contributed by atoms with E-state index in [4.69, 9.17) is 11.6 Å². The molecule has 0 spiro atoms. The van der Waals surface area contributed by atoms with Crippen molar-refractivity contribution in [2.75, 3.05) is 6.54 Å². The Bertz CT molecular complexity index is 513. The van der Waals surface area contributed by atoms with Crippen molar-refractivity contribution in [2.24, 2.45) is 0 Å². The molecule has 0 saturated carbocycles. The van der Waals surface area contributed by atoms with E-state index in [0.717, 1.165) is 34.4 Å². The molecule has 1 aromatic carbocycles. The number of rotatable bonds is 6. The van der Waals surface area contributed by atoms with E-state index in [1.54, 1.807) is 11.3 Å². The highest BCUT2D eigenvalue weighted by Gasteiger charge is 2.16. The van der Waals surface area contributed by atoms with Gasteiger partial charge in [0.25, 0.3) is 0 Å². The molecule has 2 rings (SSSR count). The largest absolute Gasteiger partial charge is 0.310 e. The van der Waals surface area contributed by atoms with Gasteiger partial charge in [-0.15, -0.1) is 0 Å². The van der Waals surface area contributed by atoms with E-state index >= 15 is 0 Å². The lowest BCUT2D eigenvalue weighted by Gasteiger charge is -2.20. The highest BCUT2D eigenvalue weighted by atomic mass is 79.9. The van der Waals surface area contributed by atoms with Gasteiger partial charge in [-0.05, 0) is 69.3 Å². The molecule has 0 aliphatic heterocycles. The van der Waals surface area contributed by atoms with Crippen LogP contribution in [0.3, 0.4) is 0 Å². The third kappa shape index (κ3) is 4.06. The Balaban J connectivity index is 2.23. The van der Waals surface area contributed by atoms with Crippen LogP contribution < -0.4 is 5.32 Å². The van der Waals surface area contributed by atoms with Gasteiger partial charge in [0.2, 0.25) is 0 Å². The van der Waals surface area contributed by atoms with Gasteiger partial charge in [0.15, 0.2) is 0 Å². The molecule has 0 aliphatic rings. The monoisotopic (exact) mass is 357 g/mol. The van der Waals surface area contributed by atoms with Crippen molar-refractivity contribution in [1.29, 1.82) is 0 Å². The van der Waals surface area contributed by atoms with E-state index in [2.05, 4.69) is 51.1 Å². The fourth-order valence-electron chi connectivity index (χ4n) is 2.04. The summed E-state index contributed by atoms with van der Waals surface area (Å²) in [4.78, 5) is 0. The molecule has 1 heterocycles. The van der Waals surface area contributed by atoms with Gasteiger partial charge in [-0.3, -0.25) is 0 Å². The van der Waals surface area contributed by atoms with Crippen molar-refractivity contribution in [1.82, 2.24) is 5.32 Å². The van der Waals surface area contributed by atoms with Gasteiger partial charge in [-0.1, -0.05) is 30.7 Å². The topological polar surface area (TPSA) is 12.0 Å². The Morgan fingerprint density at radius 3 is 2.89 bits per heavy atom. The van der Waals surface area contributed by atoms with Crippen molar-refractivity contribution >= 4 is 38.9 Å². The van der Waals surface area contributed by atoms with Crippen LogP contribution in [0.5, 0.6) is 0 Å². The van der Waals surface area contributed by atoms with Crippen molar-refractivity contribution < 1.29 is 0 Å². The highest BCUT2D eigenvalue weighted by molar-refractivity contribution is 9.10. The smallest absolute Gasteiger partial charge is 0.0595 e. The summed E-state index contributed by atoms with van der Waals surface area (Å²) in [7, 11) is 0. The summed E-state index contributed by atoms with van der Waals surface area (Å²) >= 11 is 11.7. The molecular weight excluding hydrogens is 342 g/mol. The summed E-state index contributed by atoms with van der Waals surface area (Å²) in [6.07, 6.45) is 2.09. The van der Waals surface area contributed by atoms with Crippen molar-refractivity contribution in [2.45, 2.75) is 25.8 Å². The molecule has 0 saturated heterocycles. The molecule has 0 fully saturated rings. The molecule has 1 aromatic heterocycles. The fraction of sp³-hybridized carbons (Fsp3) is 0.333. The van der Waals surface area contributed by atoms with Crippen LogP contribution in [0.25, 0.3) is 0 Å². The maximum absolute atomic E-state index is 6.42. The molecule has 1 atom stereocenters. The minimum Gasteiger partial charge on any atom is -0.310 e. The third-order valence-electron chi connectivity index (χ3n) is 3.02. The fourth-order valence-corrected chi connectivity index (χ4v) is 3.37. The Hall–Kier alpha value is -0.350. The first-order chi connectivity index (χ1) is 9.22. The first-order valence-electron chi connectivity index (χ1n) is 6.40. The Morgan fingerprint density at radius 1 is 1.37 bits per heavy atom. The lowest BCUT2D eigenvalue weighted by molar-refractivity contribution is 0.530. The molecular formula is C15H17BrClNS.